The molecule has 5 atom stereocenters. The van der Waals surface area contributed by atoms with Crippen LogP contribution in [0.5, 0.6) is 11.5 Å². The second-order valence-electron chi connectivity index (χ2n) is 7.68. The van der Waals surface area contributed by atoms with Crippen molar-refractivity contribution in [3.63, 3.8) is 0 Å². The van der Waals surface area contributed by atoms with Crippen LogP contribution in [0.1, 0.15) is 37.3 Å². The van der Waals surface area contributed by atoms with Gasteiger partial charge in [0.15, 0.2) is 11.5 Å². The average molecular weight is 315 g/mol. The Morgan fingerprint density at radius 3 is 3.13 bits per heavy atom. The third kappa shape index (κ3) is 1.59. The summed E-state index contributed by atoms with van der Waals surface area (Å²) >= 11 is 0. The van der Waals surface area contributed by atoms with E-state index in [1.165, 1.54) is 17.5 Å². The minimum atomic E-state index is -0.383. The summed E-state index contributed by atoms with van der Waals surface area (Å²) in [7, 11) is 2.22. The molecule has 1 saturated carbocycles. The Balaban J connectivity index is 1.74. The number of aliphatic hydroxyl groups is 1. The van der Waals surface area contributed by atoms with Crippen LogP contribution < -0.4 is 9.47 Å². The molecule has 1 N–H and O–H groups in total. The van der Waals surface area contributed by atoms with Gasteiger partial charge in [0.1, 0.15) is 6.10 Å². The van der Waals surface area contributed by atoms with E-state index in [-0.39, 0.29) is 17.6 Å². The van der Waals surface area contributed by atoms with Crippen LogP contribution in [0.15, 0.2) is 12.1 Å². The molecule has 2 fully saturated rings. The van der Waals surface area contributed by atoms with Crippen LogP contribution in [0.2, 0.25) is 0 Å². The van der Waals surface area contributed by atoms with E-state index in [1.54, 1.807) is 0 Å². The van der Waals surface area contributed by atoms with E-state index in [1.807, 2.05) is 6.92 Å². The number of aryl methyl sites for hydroxylation is 1. The van der Waals surface area contributed by atoms with Gasteiger partial charge in [-0.15, -0.1) is 0 Å². The van der Waals surface area contributed by atoms with Crippen molar-refractivity contribution in [3.8, 4) is 11.5 Å². The number of ether oxygens (including phenoxy) is 2. The average Bonchev–Trinajstić information content (AvgIpc) is 2.90. The van der Waals surface area contributed by atoms with Gasteiger partial charge in [0.05, 0.1) is 12.7 Å². The first-order valence-electron chi connectivity index (χ1n) is 9.01. The summed E-state index contributed by atoms with van der Waals surface area (Å²) < 4.78 is 12.3. The maximum atomic E-state index is 10.8. The van der Waals surface area contributed by atoms with Crippen LogP contribution in [0, 0.1) is 5.92 Å². The number of rotatable bonds is 2. The van der Waals surface area contributed by atoms with Crippen LogP contribution in [0.4, 0.5) is 0 Å². The first-order valence-corrected chi connectivity index (χ1v) is 9.01. The van der Waals surface area contributed by atoms with Gasteiger partial charge in [0, 0.05) is 17.0 Å². The van der Waals surface area contributed by atoms with E-state index in [9.17, 15) is 5.11 Å². The summed E-state index contributed by atoms with van der Waals surface area (Å²) in [6.45, 7) is 3.74. The van der Waals surface area contributed by atoms with Crippen LogP contribution >= 0.6 is 0 Å². The first-order chi connectivity index (χ1) is 11.2. The van der Waals surface area contributed by atoms with Gasteiger partial charge in [-0.05, 0) is 63.7 Å². The summed E-state index contributed by atoms with van der Waals surface area (Å²) in [4.78, 5) is 2.46. The molecule has 4 nitrogen and oxygen atoms in total. The number of piperidine rings is 1. The van der Waals surface area contributed by atoms with Gasteiger partial charge in [-0.1, -0.05) is 6.07 Å². The molecule has 1 aromatic carbocycles. The molecule has 23 heavy (non-hydrogen) atoms. The van der Waals surface area contributed by atoms with E-state index in [0.717, 1.165) is 37.3 Å². The molecule has 5 rings (SSSR count). The van der Waals surface area contributed by atoms with Gasteiger partial charge in [-0.2, -0.15) is 0 Å². The van der Waals surface area contributed by atoms with Crippen LogP contribution in [-0.2, 0) is 11.8 Å². The molecule has 1 saturated heterocycles. The maximum Gasteiger partial charge on any atom is 0.165 e. The third-order valence-electron chi connectivity index (χ3n) is 6.85. The Kier molecular flexibility index (Phi) is 2.85. The van der Waals surface area contributed by atoms with E-state index < -0.39 is 0 Å². The number of likely N-dealkylation sites (tertiary alicyclic amines) is 1. The Bertz CT molecular complexity index is 660. The van der Waals surface area contributed by atoms with E-state index in [0.29, 0.717) is 18.6 Å². The summed E-state index contributed by atoms with van der Waals surface area (Å²) in [5, 5.41) is 10.8. The molecule has 2 aliphatic heterocycles. The van der Waals surface area contributed by atoms with Crippen molar-refractivity contribution in [3.05, 3.63) is 23.3 Å². The van der Waals surface area contributed by atoms with Crippen molar-refractivity contribution in [2.45, 2.75) is 56.3 Å². The lowest BCUT2D eigenvalue weighted by molar-refractivity contribution is -0.119. The van der Waals surface area contributed by atoms with E-state index >= 15 is 0 Å². The highest BCUT2D eigenvalue weighted by atomic mass is 16.5. The topological polar surface area (TPSA) is 41.9 Å². The Morgan fingerprint density at radius 1 is 1.43 bits per heavy atom. The SMILES string of the molecule is CCOc1ccc2c3c1OC1C(O)C[C@@H]4C(CC2)[C@]31CCN4C. The smallest absolute Gasteiger partial charge is 0.165 e. The molecule has 0 aromatic heterocycles. The fraction of sp³-hybridized carbons (Fsp3) is 0.684. The van der Waals surface area contributed by atoms with Crippen molar-refractivity contribution >= 4 is 0 Å². The van der Waals surface area contributed by atoms with Crippen molar-refractivity contribution in [1.82, 2.24) is 4.90 Å². The quantitative estimate of drug-likeness (QED) is 0.908. The van der Waals surface area contributed by atoms with E-state index in [4.69, 9.17) is 9.47 Å². The van der Waals surface area contributed by atoms with Gasteiger partial charge in [0.2, 0.25) is 0 Å². The first kappa shape index (κ1) is 14.1. The molecule has 4 aliphatic rings. The fourth-order valence-corrected chi connectivity index (χ4v) is 6.01. The second kappa shape index (κ2) is 4.64. The van der Waals surface area contributed by atoms with Gasteiger partial charge in [0.25, 0.3) is 0 Å². The predicted octanol–water partition coefficient (Wildman–Crippen LogP) is 2.12. The zero-order valence-corrected chi connectivity index (χ0v) is 13.9. The van der Waals surface area contributed by atoms with Crippen LogP contribution in [-0.4, -0.2) is 48.5 Å². The number of hydrogen-bond donors (Lipinski definition) is 1. The van der Waals surface area contributed by atoms with Crippen molar-refractivity contribution < 1.29 is 14.6 Å². The van der Waals surface area contributed by atoms with Crippen molar-refractivity contribution in [1.29, 1.82) is 0 Å². The second-order valence-corrected chi connectivity index (χ2v) is 7.68. The minimum absolute atomic E-state index is 0.00483. The van der Waals surface area contributed by atoms with Crippen molar-refractivity contribution in [2.75, 3.05) is 20.2 Å². The number of benzene rings is 1. The fourth-order valence-electron chi connectivity index (χ4n) is 6.01. The van der Waals surface area contributed by atoms with Crippen LogP contribution in [0.3, 0.4) is 0 Å². The summed E-state index contributed by atoms with van der Waals surface area (Å²) in [6, 6.07) is 4.77. The summed E-state index contributed by atoms with van der Waals surface area (Å²) in [5.74, 6) is 2.39. The van der Waals surface area contributed by atoms with Gasteiger partial charge < -0.3 is 19.5 Å². The molecule has 1 aromatic rings. The summed E-state index contributed by atoms with van der Waals surface area (Å²) in [6.07, 6.45) is 3.78. The van der Waals surface area contributed by atoms with Crippen molar-refractivity contribution in [2.24, 2.45) is 5.92 Å². The predicted molar refractivity (Wildman–Crippen MR) is 87.2 cm³/mol. The minimum Gasteiger partial charge on any atom is -0.490 e. The lowest BCUT2D eigenvalue weighted by Crippen LogP contribution is -2.67. The zero-order valence-electron chi connectivity index (χ0n) is 13.9. The molecule has 0 radical (unpaired) electrons. The third-order valence-corrected chi connectivity index (χ3v) is 6.85. The normalized spacial score (nSPS) is 40.5. The molecule has 2 heterocycles. The van der Waals surface area contributed by atoms with Gasteiger partial charge >= 0.3 is 0 Å². The molecule has 1 spiro atoms. The molecule has 4 heteroatoms. The maximum absolute atomic E-state index is 10.8. The Hall–Kier alpha value is -1.26. The Labute approximate surface area is 137 Å². The summed E-state index contributed by atoms with van der Waals surface area (Å²) in [5.41, 5.74) is 2.80. The Morgan fingerprint density at radius 2 is 2.30 bits per heavy atom. The largest absolute Gasteiger partial charge is 0.490 e. The number of hydrogen-bond acceptors (Lipinski definition) is 4. The number of aliphatic hydroxyl groups excluding tert-OH is 1. The highest BCUT2D eigenvalue weighted by Crippen LogP contribution is 2.63. The monoisotopic (exact) mass is 315 g/mol. The molecular weight excluding hydrogens is 290 g/mol. The van der Waals surface area contributed by atoms with E-state index in [2.05, 4.69) is 24.1 Å². The van der Waals surface area contributed by atoms with Crippen LogP contribution in [0.25, 0.3) is 0 Å². The molecule has 124 valence electrons. The lowest BCUT2D eigenvalue weighted by Gasteiger charge is -2.59. The number of nitrogens with zero attached hydrogens (tertiary/aromatic N) is 1. The molecule has 2 aliphatic carbocycles. The molecular formula is C19H25NO3. The van der Waals surface area contributed by atoms with Gasteiger partial charge in [-0.25, -0.2) is 0 Å². The highest BCUT2D eigenvalue weighted by Gasteiger charge is 2.65. The highest BCUT2D eigenvalue weighted by molar-refractivity contribution is 5.60. The molecule has 2 bridgehead atoms. The molecule has 3 unspecified atom stereocenters. The molecule has 0 amide bonds. The van der Waals surface area contributed by atoms with Gasteiger partial charge in [-0.3, -0.25) is 0 Å². The standard InChI is InChI=1S/C19H25NO3/c1-3-22-15-7-5-11-4-6-12-13-10-14(21)18-19(12,8-9-20(13)2)16(11)17(15)23-18/h5,7,12-14,18,21H,3-4,6,8-10H2,1-2H3/t12?,13-,14?,18?,19-/m1/s1. The lowest BCUT2D eigenvalue weighted by atomic mass is 9.51. The zero-order chi connectivity index (χ0) is 15.8.